The molecule has 2 saturated heterocycles. The van der Waals surface area contributed by atoms with E-state index in [0.29, 0.717) is 25.9 Å². The standard InChI is InChI=1S/C28H50N8O10/c1-14(2)22(38)20(29)27(43)35-19(11-9-13-31-35)26(42)36(45)16(4)24(40)33(6)15(3)25(41)34-18(10-8-12-30-34)23(39)32-21(17(5)37)28(44)46-7/h14-22,30-31,37-38,45H,8-13,29H2,1-7H3,(H,32,39)/t15-,16+,17+,18+,19-,20+,21-,22+/m1/s1. The summed E-state index contributed by atoms with van der Waals surface area (Å²) in [5.41, 5.74) is 11.6. The van der Waals surface area contributed by atoms with Crippen LogP contribution < -0.4 is 21.9 Å². The summed E-state index contributed by atoms with van der Waals surface area (Å²) >= 11 is 0. The molecule has 0 spiro atoms. The van der Waals surface area contributed by atoms with E-state index in [1.807, 2.05) is 0 Å². The number of amides is 5. The average Bonchev–Trinajstić information content (AvgIpc) is 3.06. The maximum absolute atomic E-state index is 13.5. The first-order valence-electron chi connectivity index (χ1n) is 15.4. The maximum atomic E-state index is 13.5. The van der Waals surface area contributed by atoms with Crippen molar-refractivity contribution in [2.45, 2.75) is 109 Å². The van der Waals surface area contributed by atoms with E-state index in [1.165, 1.54) is 27.8 Å². The number of aliphatic hydroxyl groups excluding tert-OH is 2. The third-order valence-electron chi connectivity index (χ3n) is 8.37. The number of ether oxygens (including phenoxy) is 1. The topological polar surface area (TPSA) is 247 Å². The second-order valence-electron chi connectivity index (χ2n) is 12.0. The molecule has 18 heteroatoms. The number of likely N-dealkylation sites (N-methyl/N-ethyl adjacent to an activating group) is 1. The van der Waals surface area contributed by atoms with Crippen LogP contribution in [0.25, 0.3) is 0 Å². The molecular weight excluding hydrogens is 608 g/mol. The van der Waals surface area contributed by atoms with Crippen molar-refractivity contribution in [3.63, 3.8) is 0 Å². The van der Waals surface area contributed by atoms with Crippen molar-refractivity contribution in [1.82, 2.24) is 36.1 Å². The van der Waals surface area contributed by atoms with Gasteiger partial charge in [-0.25, -0.2) is 20.7 Å². The van der Waals surface area contributed by atoms with Crippen molar-refractivity contribution < 1.29 is 48.9 Å². The predicted octanol–water partition coefficient (Wildman–Crippen LogP) is -3.19. The first-order chi connectivity index (χ1) is 21.5. The van der Waals surface area contributed by atoms with Gasteiger partial charge in [0.25, 0.3) is 17.7 Å². The molecule has 2 heterocycles. The zero-order chi connectivity index (χ0) is 35.0. The van der Waals surface area contributed by atoms with Crippen molar-refractivity contribution in [3.8, 4) is 0 Å². The second kappa shape index (κ2) is 16.9. The van der Waals surface area contributed by atoms with Gasteiger partial charge in [-0.3, -0.25) is 39.2 Å². The Kier molecular flexibility index (Phi) is 14.3. The van der Waals surface area contributed by atoms with E-state index in [4.69, 9.17) is 5.73 Å². The summed E-state index contributed by atoms with van der Waals surface area (Å²) in [6.07, 6.45) is -1.10. The molecule has 0 aromatic heterocycles. The molecule has 0 aliphatic carbocycles. The van der Waals surface area contributed by atoms with Gasteiger partial charge in [-0.2, -0.15) is 0 Å². The Balaban J connectivity index is 2.16. The number of carbonyl (C=O) groups excluding carboxylic acids is 6. The molecule has 8 atom stereocenters. The Morgan fingerprint density at radius 3 is 1.91 bits per heavy atom. The van der Waals surface area contributed by atoms with E-state index in [9.17, 15) is 44.2 Å². The van der Waals surface area contributed by atoms with E-state index >= 15 is 0 Å². The molecule has 18 nitrogen and oxygen atoms in total. The van der Waals surface area contributed by atoms with E-state index < -0.39 is 84.0 Å². The number of aliphatic hydroxyl groups is 2. The number of nitrogens with zero attached hydrogens (tertiary/aromatic N) is 4. The minimum Gasteiger partial charge on any atom is -0.467 e. The summed E-state index contributed by atoms with van der Waals surface area (Å²) in [5, 5.41) is 35.7. The summed E-state index contributed by atoms with van der Waals surface area (Å²) in [6.45, 7) is 8.01. The highest BCUT2D eigenvalue weighted by Gasteiger charge is 2.43. The predicted molar refractivity (Wildman–Crippen MR) is 161 cm³/mol. The number of rotatable bonds is 12. The van der Waals surface area contributed by atoms with Gasteiger partial charge in [0.15, 0.2) is 6.04 Å². The van der Waals surface area contributed by atoms with Crippen LogP contribution in [-0.2, 0) is 33.5 Å². The lowest BCUT2D eigenvalue weighted by atomic mass is 9.98. The van der Waals surface area contributed by atoms with E-state index in [-0.39, 0.29) is 23.8 Å². The molecular formula is C28H50N8O10. The highest BCUT2D eigenvalue weighted by molar-refractivity contribution is 5.95. The van der Waals surface area contributed by atoms with Gasteiger partial charge in [0.2, 0.25) is 11.8 Å². The molecule has 0 saturated carbocycles. The fraction of sp³-hybridized carbons (Fsp3) is 0.786. The minimum absolute atomic E-state index is 0.154. The molecule has 5 amide bonds. The van der Waals surface area contributed by atoms with Crippen LogP contribution >= 0.6 is 0 Å². The van der Waals surface area contributed by atoms with Gasteiger partial charge in [0.1, 0.15) is 30.2 Å². The van der Waals surface area contributed by atoms with Gasteiger partial charge in [-0.1, -0.05) is 13.8 Å². The molecule has 262 valence electrons. The zero-order valence-electron chi connectivity index (χ0n) is 27.5. The van der Waals surface area contributed by atoms with Crippen LogP contribution in [-0.4, -0.2) is 147 Å². The van der Waals surface area contributed by atoms with Crippen molar-refractivity contribution in [3.05, 3.63) is 0 Å². The average molecular weight is 659 g/mol. The summed E-state index contributed by atoms with van der Waals surface area (Å²) in [6, 6.07) is -7.68. The van der Waals surface area contributed by atoms with Crippen LogP contribution in [0.2, 0.25) is 0 Å². The van der Waals surface area contributed by atoms with Gasteiger partial charge >= 0.3 is 5.97 Å². The van der Waals surface area contributed by atoms with Crippen molar-refractivity contribution in [1.29, 1.82) is 0 Å². The summed E-state index contributed by atoms with van der Waals surface area (Å²) in [7, 11) is 2.40. The van der Waals surface area contributed by atoms with Crippen LogP contribution in [0.5, 0.6) is 0 Å². The number of nitrogens with one attached hydrogen (secondary N) is 3. The number of hydrogen-bond acceptors (Lipinski definition) is 13. The zero-order valence-corrected chi connectivity index (χ0v) is 27.5. The van der Waals surface area contributed by atoms with Crippen LogP contribution in [0.3, 0.4) is 0 Å². The normalized spacial score (nSPS) is 22.5. The third kappa shape index (κ3) is 8.89. The lowest BCUT2D eigenvalue weighted by molar-refractivity contribution is -0.190. The Hall–Kier alpha value is -3.42. The highest BCUT2D eigenvalue weighted by atomic mass is 16.5. The molecule has 2 aliphatic rings. The quantitative estimate of drug-likeness (QED) is 0.0622. The first kappa shape index (κ1) is 38.8. The Morgan fingerprint density at radius 2 is 1.41 bits per heavy atom. The molecule has 0 unspecified atom stereocenters. The highest BCUT2D eigenvalue weighted by Crippen LogP contribution is 2.19. The molecule has 46 heavy (non-hydrogen) atoms. The Bertz CT molecular complexity index is 1120. The smallest absolute Gasteiger partial charge is 0.331 e. The Labute approximate surface area is 268 Å². The molecule has 2 rings (SSSR count). The van der Waals surface area contributed by atoms with E-state index in [1.54, 1.807) is 13.8 Å². The van der Waals surface area contributed by atoms with Crippen LogP contribution in [0.15, 0.2) is 0 Å². The lowest BCUT2D eigenvalue weighted by Crippen LogP contribution is -2.66. The fourth-order valence-corrected chi connectivity index (χ4v) is 5.19. The van der Waals surface area contributed by atoms with Crippen LogP contribution in [0, 0.1) is 5.92 Å². The summed E-state index contributed by atoms with van der Waals surface area (Å²) in [5.74, 6) is -5.14. The number of nitrogens with two attached hydrogens (primary N) is 1. The molecule has 0 aromatic rings. The van der Waals surface area contributed by atoms with Crippen LogP contribution in [0.1, 0.15) is 60.3 Å². The number of methoxy groups -OCH3 is 1. The minimum atomic E-state index is -1.48. The molecule has 2 aliphatic heterocycles. The number of hydrazine groups is 2. The molecule has 0 bridgehead atoms. The van der Waals surface area contributed by atoms with Crippen molar-refractivity contribution in [2.24, 2.45) is 11.7 Å². The second-order valence-corrected chi connectivity index (χ2v) is 12.0. The number of esters is 1. The van der Waals surface area contributed by atoms with Gasteiger partial charge in [0, 0.05) is 20.1 Å². The third-order valence-corrected chi connectivity index (χ3v) is 8.37. The largest absolute Gasteiger partial charge is 0.467 e. The SMILES string of the molecule is COC(=O)[C@H](NC(=O)[C@@H]1CCCNN1C(=O)[C@@H](C)N(C)C(=O)[C@H](C)N(O)C(=O)[C@H]1CCCNN1C(=O)[C@@H](N)[C@@H](O)C(C)C)[C@H](C)O. The monoisotopic (exact) mass is 658 g/mol. The lowest BCUT2D eigenvalue weighted by Gasteiger charge is -2.40. The maximum Gasteiger partial charge on any atom is 0.331 e. The Morgan fingerprint density at radius 1 is 0.891 bits per heavy atom. The van der Waals surface area contributed by atoms with E-state index in [2.05, 4.69) is 20.9 Å². The van der Waals surface area contributed by atoms with Gasteiger partial charge in [0.05, 0.1) is 19.3 Å². The first-order valence-corrected chi connectivity index (χ1v) is 15.4. The van der Waals surface area contributed by atoms with Crippen molar-refractivity contribution >= 4 is 35.5 Å². The van der Waals surface area contributed by atoms with Gasteiger partial charge < -0.3 is 30.9 Å². The number of hydroxylamine groups is 2. The molecule has 8 N–H and O–H groups in total. The number of carbonyl (C=O) groups is 6. The summed E-state index contributed by atoms with van der Waals surface area (Å²) < 4.78 is 4.63. The fourth-order valence-electron chi connectivity index (χ4n) is 5.19. The molecule has 0 radical (unpaired) electrons. The number of hydrogen-bond donors (Lipinski definition) is 7. The van der Waals surface area contributed by atoms with Gasteiger partial charge in [-0.15, -0.1) is 0 Å². The van der Waals surface area contributed by atoms with Crippen molar-refractivity contribution in [2.75, 3.05) is 27.2 Å². The molecule has 2 fully saturated rings. The van der Waals surface area contributed by atoms with Crippen LogP contribution in [0.4, 0.5) is 0 Å². The molecule has 0 aromatic carbocycles. The van der Waals surface area contributed by atoms with E-state index in [0.717, 1.165) is 22.0 Å². The summed E-state index contributed by atoms with van der Waals surface area (Å²) in [4.78, 5) is 79.5. The van der Waals surface area contributed by atoms with Gasteiger partial charge in [-0.05, 0) is 52.4 Å².